The fourth-order valence-corrected chi connectivity index (χ4v) is 1.78. The molecule has 7 heteroatoms. The highest BCUT2D eigenvalue weighted by Crippen LogP contribution is 2.28. The lowest BCUT2D eigenvalue weighted by molar-refractivity contribution is 0.102. The first kappa shape index (κ1) is 10.8. The summed E-state index contributed by atoms with van der Waals surface area (Å²) in [6.45, 7) is 0. The van der Waals surface area contributed by atoms with Crippen molar-refractivity contribution in [3.63, 3.8) is 0 Å². The number of nitrogens with one attached hydrogen (secondary N) is 1. The highest BCUT2D eigenvalue weighted by atomic mass is 35.5. The van der Waals surface area contributed by atoms with Gasteiger partial charge in [0, 0.05) is 5.38 Å². The molecular formula is C9H7ClN4OS. The zero-order chi connectivity index (χ0) is 11.5. The summed E-state index contributed by atoms with van der Waals surface area (Å²) in [5.41, 5.74) is 6.73. The van der Waals surface area contributed by atoms with Crippen LogP contribution < -0.4 is 11.1 Å². The van der Waals surface area contributed by atoms with Crippen LogP contribution in [0.3, 0.4) is 0 Å². The second-order valence-corrected chi connectivity index (χ2v) is 3.97. The molecular weight excluding hydrogens is 248 g/mol. The Kier molecular flexibility index (Phi) is 3.02. The highest BCUT2D eigenvalue weighted by Gasteiger charge is 2.12. The van der Waals surface area contributed by atoms with Gasteiger partial charge in [0.05, 0.1) is 16.4 Å². The SMILES string of the molecule is Nc1cccc(Cl)c1NC(=O)c1csnn1. The summed E-state index contributed by atoms with van der Waals surface area (Å²) < 4.78 is 3.60. The third-order valence-electron chi connectivity index (χ3n) is 1.88. The molecule has 16 heavy (non-hydrogen) atoms. The Morgan fingerprint density at radius 2 is 2.31 bits per heavy atom. The van der Waals surface area contributed by atoms with E-state index in [2.05, 4.69) is 14.9 Å². The molecule has 0 saturated heterocycles. The minimum Gasteiger partial charge on any atom is -0.397 e. The molecule has 0 unspecified atom stereocenters. The van der Waals surface area contributed by atoms with Gasteiger partial charge in [-0.15, -0.1) is 5.10 Å². The Morgan fingerprint density at radius 3 is 2.94 bits per heavy atom. The molecule has 2 rings (SSSR count). The molecule has 0 saturated carbocycles. The van der Waals surface area contributed by atoms with E-state index >= 15 is 0 Å². The zero-order valence-electron chi connectivity index (χ0n) is 7.98. The van der Waals surface area contributed by atoms with Crippen LogP contribution in [0.15, 0.2) is 23.6 Å². The zero-order valence-corrected chi connectivity index (χ0v) is 9.55. The van der Waals surface area contributed by atoms with E-state index in [4.69, 9.17) is 17.3 Å². The Balaban J connectivity index is 2.25. The van der Waals surface area contributed by atoms with Crippen molar-refractivity contribution >= 4 is 40.4 Å². The number of anilines is 2. The van der Waals surface area contributed by atoms with Gasteiger partial charge < -0.3 is 11.1 Å². The van der Waals surface area contributed by atoms with Gasteiger partial charge in [-0.1, -0.05) is 22.2 Å². The van der Waals surface area contributed by atoms with Crippen LogP contribution in [0, 0.1) is 0 Å². The van der Waals surface area contributed by atoms with Gasteiger partial charge in [-0.25, -0.2) is 0 Å². The number of halogens is 1. The van der Waals surface area contributed by atoms with Crippen LogP contribution in [-0.4, -0.2) is 15.5 Å². The molecule has 1 aromatic heterocycles. The largest absolute Gasteiger partial charge is 0.397 e. The number of hydrogen-bond donors (Lipinski definition) is 2. The second-order valence-electron chi connectivity index (χ2n) is 2.95. The number of benzene rings is 1. The van der Waals surface area contributed by atoms with Crippen molar-refractivity contribution in [1.82, 2.24) is 9.59 Å². The molecule has 0 atom stereocenters. The molecule has 1 aromatic carbocycles. The topological polar surface area (TPSA) is 80.9 Å². The minimum atomic E-state index is -0.381. The Labute approximate surface area is 100 Å². The van der Waals surface area contributed by atoms with Crippen LogP contribution in [0.4, 0.5) is 11.4 Å². The van der Waals surface area contributed by atoms with Crippen LogP contribution in [0.2, 0.25) is 5.02 Å². The number of rotatable bonds is 2. The lowest BCUT2D eigenvalue weighted by Gasteiger charge is -2.08. The van der Waals surface area contributed by atoms with Gasteiger partial charge in [0.1, 0.15) is 0 Å². The number of carbonyl (C=O) groups is 1. The van der Waals surface area contributed by atoms with E-state index in [-0.39, 0.29) is 11.6 Å². The smallest absolute Gasteiger partial charge is 0.277 e. The molecule has 1 amide bonds. The summed E-state index contributed by atoms with van der Waals surface area (Å²) in [7, 11) is 0. The van der Waals surface area contributed by atoms with Crippen LogP contribution in [0.5, 0.6) is 0 Å². The maximum atomic E-state index is 11.7. The Bertz CT molecular complexity index is 494. The number of nitrogens with two attached hydrogens (primary N) is 1. The molecule has 3 N–H and O–H groups in total. The van der Waals surface area contributed by atoms with Crippen molar-refractivity contribution in [3.05, 3.63) is 34.3 Å². The third-order valence-corrected chi connectivity index (χ3v) is 2.70. The molecule has 0 bridgehead atoms. The second kappa shape index (κ2) is 4.46. The van der Waals surface area contributed by atoms with Gasteiger partial charge >= 0.3 is 0 Å². The molecule has 82 valence electrons. The Morgan fingerprint density at radius 1 is 1.50 bits per heavy atom. The van der Waals surface area contributed by atoms with Crippen LogP contribution in [0.25, 0.3) is 0 Å². The number of para-hydroxylation sites is 1. The first-order valence-corrected chi connectivity index (χ1v) is 5.52. The van der Waals surface area contributed by atoms with Crippen molar-refractivity contribution in [3.8, 4) is 0 Å². The number of nitrogens with zero attached hydrogens (tertiary/aromatic N) is 2. The lowest BCUT2D eigenvalue weighted by Crippen LogP contribution is -2.14. The fraction of sp³-hybridized carbons (Fsp3) is 0. The van der Waals surface area contributed by atoms with Crippen LogP contribution in [0.1, 0.15) is 10.5 Å². The number of carbonyl (C=O) groups excluding carboxylic acids is 1. The third kappa shape index (κ3) is 2.12. The van der Waals surface area contributed by atoms with Crippen LogP contribution >= 0.6 is 23.1 Å². The van der Waals surface area contributed by atoms with E-state index in [0.29, 0.717) is 16.4 Å². The maximum absolute atomic E-state index is 11.7. The van der Waals surface area contributed by atoms with Gasteiger partial charge in [0.15, 0.2) is 5.69 Å². The van der Waals surface area contributed by atoms with Crippen molar-refractivity contribution in [2.75, 3.05) is 11.1 Å². The van der Waals surface area contributed by atoms with Crippen molar-refractivity contribution in [1.29, 1.82) is 0 Å². The molecule has 1 heterocycles. The minimum absolute atomic E-state index is 0.240. The first-order valence-electron chi connectivity index (χ1n) is 4.31. The van der Waals surface area contributed by atoms with Crippen molar-refractivity contribution in [2.24, 2.45) is 0 Å². The van der Waals surface area contributed by atoms with Gasteiger partial charge in [-0.3, -0.25) is 4.79 Å². The van der Waals surface area contributed by atoms with Gasteiger partial charge in [0.25, 0.3) is 5.91 Å². The van der Waals surface area contributed by atoms with Gasteiger partial charge in [0.2, 0.25) is 0 Å². The summed E-state index contributed by atoms with van der Waals surface area (Å²) in [5, 5.41) is 8.16. The van der Waals surface area contributed by atoms with Crippen molar-refractivity contribution in [2.45, 2.75) is 0 Å². The first-order chi connectivity index (χ1) is 7.68. The molecule has 0 spiro atoms. The molecule has 5 nitrogen and oxygen atoms in total. The normalized spacial score (nSPS) is 10.1. The number of nitrogen functional groups attached to an aromatic ring is 1. The monoisotopic (exact) mass is 254 g/mol. The van der Waals surface area contributed by atoms with Gasteiger partial charge in [-0.05, 0) is 23.7 Å². The van der Waals surface area contributed by atoms with E-state index in [9.17, 15) is 4.79 Å². The quantitative estimate of drug-likeness (QED) is 0.804. The molecule has 0 aliphatic carbocycles. The number of aromatic nitrogens is 2. The average molecular weight is 255 g/mol. The van der Waals surface area contributed by atoms with E-state index in [1.165, 1.54) is 0 Å². The molecule has 0 aliphatic rings. The summed E-state index contributed by atoms with van der Waals surface area (Å²) in [6.07, 6.45) is 0. The number of amides is 1. The standard InChI is InChI=1S/C9H7ClN4OS/c10-5-2-1-3-6(11)8(5)12-9(15)7-4-16-14-13-7/h1-4H,11H2,(H,12,15). The number of hydrogen-bond acceptors (Lipinski definition) is 5. The predicted molar refractivity (Wildman–Crippen MR) is 63.7 cm³/mol. The van der Waals surface area contributed by atoms with E-state index in [1.807, 2.05) is 0 Å². The molecule has 0 radical (unpaired) electrons. The predicted octanol–water partition coefficient (Wildman–Crippen LogP) is 2.03. The fourth-order valence-electron chi connectivity index (χ4n) is 1.11. The lowest BCUT2D eigenvalue weighted by atomic mass is 10.2. The summed E-state index contributed by atoms with van der Waals surface area (Å²) in [4.78, 5) is 11.7. The van der Waals surface area contributed by atoms with E-state index < -0.39 is 0 Å². The van der Waals surface area contributed by atoms with Crippen LogP contribution in [-0.2, 0) is 0 Å². The average Bonchev–Trinajstić information content (AvgIpc) is 2.76. The molecule has 2 aromatic rings. The van der Waals surface area contributed by atoms with Gasteiger partial charge in [-0.2, -0.15) is 0 Å². The maximum Gasteiger partial charge on any atom is 0.277 e. The summed E-state index contributed by atoms with van der Waals surface area (Å²) >= 11 is 7.01. The van der Waals surface area contributed by atoms with E-state index in [1.54, 1.807) is 23.6 Å². The van der Waals surface area contributed by atoms with Crippen molar-refractivity contribution < 1.29 is 4.79 Å². The van der Waals surface area contributed by atoms with E-state index in [0.717, 1.165) is 11.5 Å². The highest BCUT2D eigenvalue weighted by molar-refractivity contribution is 7.03. The molecule has 0 aliphatic heterocycles. The summed E-state index contributed by atoms with van der Waals surface area (Å²) in [6, 6.07) is 5.01. The molecule has 0 fully saturated rings. The Hall–Kier alpha value is -1.66. The summed E-state index contributed by atoms with van der Waals surface area (Å²) in [5.74, 6) is -0.381.